The molecule has 3 unspecified atom stereocenters. The summed E-state index contributed by atoms with van der Waals surface area (Å²) in [5.74, 6) is 0.900. The fraction of sp³-hybridized carbons (Fsp3) is 1.00. The van der Waals surface area contributed by atoms with Crippen LogP contribution in [0, 0.1) is 5.92 Å². The molecule has 3 aliphatic rings. The van der Waals surface area contributed by atoms with Gasteiger partial charge in [-0.1, -0.05) is 0 Å². The van der Waals surface area contributed by atoms with Gasteiger partial charge < -0.3 is 10.2 Å². The van der Waals surface area contributed by atoms with Gasteiger partial charge in [-0.15, -0.1) is 0 Å². The number of rotatable bonds is 3. The summed E-state index contributed by atoms with van der Waals surface area (Å²) in [4.78, 5) is 5.44. The fourth-order valence-corrected chi connectivity index (χ4v) is 4.33. The summed E-state index contributed by atoms with van der Waals surface area (Å²) < 4.78 is 0. The van der Waals surface area contributed by atoms with Gasteiger partial charge >= 0.3 is 0 Å². The molecule has 3 saturated heterocycles. The molecule has 3 nitrogen and oxygen atoms in total. The smallest absolute Gasteiger partial charge is 0.0125 e. The Bertz CT molecular complexity index is 254. The summed E-state index contributed by atoms with van der Waals surface area (Å²) in [6.07, 6.45) is 7.16. The van der Waals surface area contributed by atoms with Crippen molar-refractivity contribution in [1.82, 2.24) is 15.1 Å². The summed E-state index contributed by atoms with van der Waals surface area (Å²) in [6, 6.07) is 2.68. The molecule has 0 aromatic carbocycles. The summed E-state index contributed by atoms with van der Waals surface area (Å²) in [7, 11) is 4.42. The Morgan fingerprint density at radius 3 is 2.41 bits per heavy atom. The van der Waals surface area contributed by atoms with E-state index in [-0.39, 0.29) is 0 Å². The predicted molar refractivity (Wildman–Crippen MR) is 71.2 cm³/mol. The largest absolute Gasteiger partial charge is 0.319 e. The molecule has 98 valence electrons. The molecule has 1 N–H and O–H groups in total. The normalized spacial score (nSPS) is 43.4. The van der Waals surface area contributed by atoms with Crippen LogP contribution in [-0.4, -0.2) is 61.7 Å². The Morgan fingerprint density at radius 1 is 1.06 bits per heavy atom. The number of hydrogen-bond acceptors (Lipinski definition) is 3. The quantitative estimate of drug-likeness (QED) is 0.794. The average Bonchev–Trinajstić information content (AvgIpc) is 2.83. The third kappa shape index (κ3) is 2.25. The Morgan fingerprint density at radius 2 is 1.76 bits per heavy atom. The molecule has 0 radical (unpaired) electrons. The van der Waals surface area contributed by atoms with Gasteiger partial charge in [-0.05, 0) is 65.2 Å². The van der Waals surface area contributed by atoms with Gasteiger partial charge in [0.05, 0.1) is 0 Å². The molecule has 3 heterocycles. The Kier molecular flexibility index (Phi) is 3.42. The van der Waals surface area contributed by atoms with E-state index in [0.717, 1.165) is 24.0 Å². The zero-order valence-corrected chi connectivity index (χ0v) is 11.4. The second-order valence-corrected chi connectivity index (χ2v) is 6.38. The van der Waals surface area contributed by atoms with Crippen molar-refractivity contribution in [3.63, 3.8) is 0 Å². The first-order valence-electron chi connectivity index (χ1n) is 7.38. The summed E-state index contributed by atoms with van der Waals surface area (Å²) >= 11 is 0. The second-order valence-electron chi connectivity index (χ2n) is 6.38. The maximum atomic E-state index is 3.34. The minimum atomic E-state index is 0.891. The molecule has 3 fully saturated rings. The predicted octanol–water partition coefficient (Wildman–Crippen LogP) is 1.15. The highest BCUT2D eigenvalue weighted by molar-refractivity contribution is 4.98. The molecule has 3 heteroatoms. The molecular weight excluding hydrogens is 210 g/mol. The maximum absolute atomic E-state index is 3.34. The van der Waals surface area contributed by atoms with E-state index in [4.69, 9.17) is 0 Å². The first-order valence-corrected chi connectivity index (χ1v) is 7.38. The van der Waals surface area contributed by atoms with E-state index in [2.05, 4.69) is 29.2 Å². The first kappa shape index (κ1) is 11.9. The van der Waals surface area contributed by atoms with Gasteiger partial charge in [0.25, 0.3) is 0 Å². The van der Waals surface area contributed by atoms with Gasteiger partial charge in [0.1, 0.15) is 0 Å². The van der Waals surface area contributed by atoms with Gasteiger partial charge in [0, 0.05) is 24.7 Å². The highest BCUT2D eigenvalue weighted by Crippen LogP contribution is 2.37. The monoisotopic (exact) mass is 237 g/mol. The minimum Gasteiger partial charge on any atom is -0.319 e. The van der Waals surface area contributed by atoms with Crippen LogP contribution in [0.5, 0.6) is 0 Å². The molecule has 2 bridgehead atoms. The van der Waals surface area contributed by atoms with Crippen LogP contribution in [0.4, 0.5) is 0 Å². The first-order chi connectivity index (χ1) is 8.28. The number of nitrogens with zero attached hydrogens (tertiary/aromatic N) is 2. The Labute approximate surface area is 106 Å². The van der Waals surface area contributed by atoms with Crippen molar-refractivity contribution in [1.29, 1.82) is 0 Å². The zero-order valence-electron chi connectivity index (χ0n) is 11.4. The summed E-state index contributed by atoms with van der Waals surface area (Å²) in [6.45, 7) is 3.89. The number of nitrogens with one attached hydrogen (secondary N) is 1. The van der Waals surface area contributed by atoms with Crippen molar-refractivity contribution in [2.24, 2.45) is 5.92 Å². The molecule has 0 aliphatic carbocycles. The van der Waals surface area contributed by atoms with Crippen LogP contribution in [0.3, 0.4) is 0 Å². The lowest BCUT2D eigenvalue weighted by Gasteiger charge is -2.40. The van der Waals surface area contributed by atoms with Gasteiger partial charge in [-0.3, -0.25) is 4.90 Å². The van der Waals surface area contributed by atoms with Gasteiger partial charge in [-0.2, -0.15) is 0 Å². The maximum Gasteiger partial charge on any atom is 0.0125 e. The molecular formula is C14H27N3. The van der Waals surface area contributed by atoms with E-state index in [0.29, 0.717) is 0 Å². The van der Waals surface area contributed by atoms with E-state index < -0.39 is 0 Å². The van der Waals surface area contributed by atoms with Gasteiger partial charge in [-0.25, -0.2) is 0 Å². The van der Waals surface area contributed by atoms with Gasteiger partial charge in [0.15, 0.2) is 0 Å². The van der Waals surface area contributed by atoms with Crippen LogP contribution in [0.2, 0.25) is 0 Å². The number of hydrogen-bond donors (Lipinski definition) is 1. The molecule has 3 aliphatic heterocycles. The van der Waals surface area contributed by atoms with E-state index in [1.54, 1.807) is 0 Å². The molecule has 3 rings (SSSR count). The van der Waals surface area contributed by atoms with Crippen LogP contribution in [-0.2, 0) is 0 Å². The lowest BCUT2D eigenvalue weighted by atomic mass is 9.97. The highest BCUT2D eigenvalue weighted by atomic mass is 15.2. The molecule has 0 aromatic rings. The summed E-state index contributed by atoms with van der Waals surface area (Å²) in [5.41, 5.74) is 0. The van der Waals surface area contributed by atoms with Crippen molar-refractivity contribution in [2.75, 3.05) is 33.7 Å². The van der Waals surface area contributed by atoms with Crippen LogP contribution in [0.15, 0.2) is 0 Å². The SMILES string of the molecule is CNCC1CCN(C2CC3CCC(C2)N3C)C1. The fourth-order valence-electron chi connectivity index (χ4n) is 4.33. The third-order valence-electron chi connectivity index (χ3n) is 5.40. The molecule has 0 spiro atoms. The topological polar surface area (TPSA) is 18.5 Å². The van der Waals surface area contributed by atoms with Crippen molar-refractivity contribution in [3.8, 4) is 0 Å². The van der Waals surface area contributed by atoms with Crippen molar-refractivity contribution < 1.29 is 0 Å². The van der Waals surface area contributed by atoms with E-state index in [9.17, 15) is 0 Å². The molecule has 0 aromatic heterocycles. The molecule has 17 heavy (non-hydrogen) atoms. The van der Waals surface area contributed by atoms with Crippen LogP contribution in [0.25, 0.3) is 0 Å². The average molecular weight is 237 g/mol. The molecule has 3 atom stereocenters. The molecule has 0 saturated carbocycles. The van der Waals surface area contributed by atoms with Crippen molar-refractivity contribution >= 4 is 0 Å². The van der Waals surface area contributed by atoms with Crippen LogP contribution in [0.1, 0.15) is 32.1 Å². The Balaban J connectivity index is 1.56. The van der Waals surface area contributed by atoms with E-state index in [1.807, 2.05) is 0 Å². The number of piperidine rings is 1. The van der Waals surface area contributed by atoms with Crippen molar-refractivity contribution in [2.45, 2.75) is 50.2 Å². The standard InChI is InChI=1S/C14H27N3/c1-15-9-11-5-6-17(10-11)14-7-12-3-4-13(8-14)16(12)2/h11-15H,3-10H2,1-2H3. The lowest BCUT2D eigenvalue weighted by molar-refractivity contribution is 0.0874. The number of likely N-dealkylation sites (tertiary alicyclic amines) is 1. The second kappa shape index (κ2) is 4.87. The van der Waals surface area contributed by atoms with Crippen molar-refractivity contribution in [3.05, 3.63) is 0 Å². The van der Waals surface area contributed by atoms with E-state index >= 15 is 0 Å². The van der Waals surface area contributed by atoms with E-state index in [1.165, 1.54) is 51.7 Å². The lowest BCUT2D eigenvalue weighted by Crippen LogP contribution is -2.48. The molecule has 0 amide bonds. The Hall–Kier alpha value is -0.120. The summed E-state index contributed by atoms with van der Waals surface area (Å²) in [5, 5.41) is 3.34. The van der Waals surface area contributed by atoms with Crippen LogP contribution >= 0.6 is 0 Å². The minimum absolute atomic E-state index is 0.891. The number of fused-ring (bicyclic) bond motifs is 2. The van der Waals surface area contributed by atoms with Crippen LogP contribution < -0.4 is 5.32 Å². The zero-order chi connectivity index (χ0) is 11.8. The van der Waals surface area contributed by atoms with Gasteiger partial charge in [0.2, 0.25) is 0 Å². The third-order valence-corrected chi connectivity index (χ3v) is 5.40. The highest BCUT2D eigenvalue weighted by Gasteiger charge is 2.41.